The Morgan fingerprint density at radius 3 is 2.67 bits per heavy atom. The van der Waals surface area contributed by atoms with E-state index in [9.17, 15) is 0 Å². The second-order valence-corrected chi connectivity index (χ2v) is 4.61. The van der Waals surface area contributed by atoms with E-state index in [1.165, 1.54) is 0 Å². The summed E-state index contributed by atoms with van der Waals surface area (Å²) in [5.74, 6) is 2.09. The number of thiocarbonyl (C=S) groups is 1. The highest BCUT2D eigenvalue weighted by Crippen LogP contribution is 2.28. The van der Waals surface area contributed by atoms with E-state index in [-0.39, 0.29) is 0 Å². The van der Waals surface area contributed by atoms with E-state index < -0.39 is 0 Å². The minimum absolute atomic E-state index is 0.433. The molecule has 2 N–H and O–H groups in total. The molecule has 0 unspecified atom stereocenters. The molecule has 0 bridgehead atoms. The second kappa shape index (κ2) is 6.94. The van der Waals surface area contributed by atoms with Gasteiger partial charge in [0.15, 0.2) is 10.9 Å². The van der Waals surface area contributed by atoms with E-state index in [0.717, 1.165) is 18.0 Å². The van der Waals surface area contributed by atoms with Crippen LogP contribution in [-0.2, 0) is 6.54 Å². The molecule has 2 aromatic rings. The molecule has 0 fully saturated rings. The zero-order valence-electron chi connectivity index (χ0n) is 12.2. The van der Waals surface area contributed by atoms with Crippen LogP contribution >= 0.6 is 12.2 Å². The maximum atomic E-state index is 5.29. The highest BCUT2D eigenvalue weighted by molar-refractivity contribution is 7.80. The summed E-state index contributed by atoms with van der Waals surface area (Å²) in [5.41, 5.74) is 0.726. The van der Waals surface area contributed by atoms with E-state index in [1.54, 1.807) is 14.2 Å². The molecule has 7 heteroatoms. The van der Waals surface area contributed by atoms with Gasteiger partial charge in [-0.1, -0.05) is 0 Å². The van der Waals surface area contributed by atoms with E-state index >= 15 is 0 Å². The zero-order chi connectivity index (χ0) is 15.2. The first-order valence-electron chi connectivity index (χ1n) is 6.49. The van der Waals surface area contributed by atoms with E-state index in [4.69, 9.17) is 21.7 Å². The van der Waals surface area contributed by atoms with Crippen LogP contribution in [0.2, 0.25) is 0 Å². The van der Waals surface area contributed by atoms with Crippen molar-refractivity contribution >= 4 is 28.8 Å². The lowest BCUT2D eigenvalue weighted by molar-refractivity contribution is 0.405. The van der Waals surface area contributed by atoms with Gasteiger partial charge in [0, 0.05) is 24.9 Å². The first-order chi connectivity index (χ1) is 10.2. The molecule has 0 aliphatic rings. The van der Waals surface area contributed by atoms with Gasteiger partial charge >= 0.3 is 0 Å². The number of nitrogens with one attached hydrogen (secondary N) is 2. The van der Waals surface area contributed by atoms with Crippen LogP contribution < -0.4 is 20.1 Å². The molecule has 0 atom stereocenters. The van der Waals surface area contributed by atoms with Crippen LogP contribution in [0.25, 0.3) is 0 Å². The van der Waals surface area contributed by atoms with Gasteiger partial charge in [0.2, 0.25) is 0 Å². The molecule has 0 aliphatic heterocycles. The number of aryl methyl sites for hydroxylation is 1. The quantitative estimate of drug-likeness (QED) is 0.828. The molecule has 2 rings (SSSR count). The van der Waals surface area contributed by atoms with Crippen LogP contribution in [0, 0.1) is 0 Å². The molecule has 0 spiro atoms. The SMILES string of the molecule is CCn1ccc(NC(=S)Nc2cc(OC)ccc2OC)n1. The third-order valence-corrected chi connectivity index (χ3v) is 3.07. The Morgan fingerprint density at radius 1 is 1.24 bits per heavy atom. The van der Waals surface area contributed by atoms with Gasteiger partial charge in [-0.25, -0.2) is 0 Å². The summed E-state index contributed by atoms with van der Waals surface area (Å²) in [6.07, 6.45) is 1.89. The van der Waals surface area contributed by atoms with Gasteiger partial charge in [-0.3, -0.25) is 4.68 Å². The van der Waals surface area contributed by atoms with Gasteiger partial charge in [-0.05, 0) is 31.3 Å². The largest absolute Gasteiger partial charge is 0.497 e. The standard InChI is InChI=1S/C14H18N4O2S/c1-4-18-8-7-13(17-18)16-14(21)15-11-9-10(19-2)5-6-12(11)20-3/h5-9H,4H2,1-3H3,(H2,15,16,17,21). The lowest BCUT2D eigenvalue weighted by Gasteiger charge is -2.13. The Kier molecular flexibility index (Phi) is 4.99. The number of methoxy groups -OCH3 is 2. The molecule has 0 aliphatic carbocycles. The number of hydrogen-bond acceptors (Lipinski definition) is 4. The van der Waals surface area contributed by atoms with Crippen molar-refractivity contribution in [2.45, 2.75) is 13.5 Å². The van der Waals surface area contributed by atoms with Gasteiger partial charge in [-0.2, -0.15) is 5.10 Å². The number of aromatic nitrogens is 2. The van der Waals surface area contributed by atoms with Crippen molar-refractivity contribution in [1.29, 1.82) is 0 Å². The van der Waals surface area contributed by atoms with Crippen LogP contribution in [0.5, 0.6) is 11.5 Å². The van der Waals surface area contributed by atoms with E-state index in [1.807, 2.05) is 42.1 Å². The number of rotatable bonds is 5. The molecule has 112 valence electrons. The predicted octanol–water partition coefficient (Wildman–Crippen LogP) is 2.73. The molecule has 0 saturated carbocycles. The smallest absolute Gasteiger partial charge is 0.176 e. The third-order valence-electron chi connectivity index (χ3n) is 2.86. The van der Waals surface area contributed by atoms with Gasteiger partial charge in [0.1, 0.15) is 11.5 Å². The fourth-order valence-corrected chi connectivity index (χ4v) is 2.00. The normalized spacial score (nSPS) is 10.0. The summed E-state index contributed by atoms with van der Waals surface area (Å²) in [6, 6.07) is 7.32. The summed E-state index contributed by atoms with van der Waals surface area (Å²) in [5, 5.41) is 10.8. The molecule has 0 radical (unpaired) electrons. The number of hydrogen-bond donors (Lipinski definition) is 2. The minimum Gasteiger partial charge on any atom is -0.497 e. The van der Waals surface area contributed by atoms with Gasteiger partial charge in [-0.15, -0.1) is 0 Å². The highest BCUT2D eigenvalue weighted by atomic mass is 32.1. The molecular weight excluding hydrogens is 288 g/mol. The van der Waals surface area contributed by atoms with Crippen molar-refractivity contribution in [3.63, 3.8) is 0 Å². The molecule has 21 heavy (non-hydrogen) atoms. The van der Waals surface area contributed by atoms with Crippen LogP contribution in [0.1, 0.15) is 6.92 Å². The lowest BCUT2D eigenvalue weighted by atomic mass is 10.2. The van der Waals surface area contributed by atoms with Crippen molar-refractivity contribution in [1.82, 2.24) is 9.78 Å². The fourth-order valence-electron chi connectivity index (χ4n) is 1.79. The monoisotopic (exact) mass is 306 g/mol. The highest BCUT2D eigenvalue weighted by Gasteiger charge is 2.08. The molecule has 0 amide bonds. The maximum absolute atomic E-state index is 5.29. The third kappa shape index (κ3) is 3.85. The van der Waals surface area contributed by atoms with Crippen molar-refractivity contribution in [3.8, 4) is 11.5 Å². The Labute approximate surface area is 129 Å². The zero-order valence-corrected chi connectivity index (χ0v) is 13.0. The van der Waals surface area contributed by atoms with Crippen LogP contribution in [0.4, 0.5) is 11.5 Å². The molecule has 1 aromatic heterocycles. The van der Waals surface area contributed by atoms with E-state index in [2.05, 4.69) is 15.7 Å². The Balaban J connectivity index is 2.07. The second-order valence-electron chi connectivity index (χ2n) is 4.20. The van der Waals surface area contributed by atoms with Crippen LogP contribution in [0.3, 0.4) is 0 Å². The Bertz CT molecular complexity index is 627. The Morgan fingerprint density at radius 2 is 2.05 bits per heavy atom. The Hall–Kier alpha value is -2.28. The number of nitrogens with zero attached hydrogens (tertiary/aromatic N) is 2. The van der Waals surface area contributed by atoms with Gasteiger partial charge in [0.05, 0.1) is 19.9 Å². The predicted molar refractivity (Wildman–Crippen MR) is 87.3 cm³/mol. The van der Waals surface area contributed by atoms with Crippen molar-refractivity contribution < 1.29 is 9.47 Å². The molecule has 1 aromatic carbocycles. The fraction of sp³-hybridized carbons (Fsp3) is 0.286. The molecule has 6 nitrogen and oxygen atoms in total. The molecule has 0 saturated heterocycles. The van der Waals surface area contributed by atoms with Crippen molar-refractivity contribution in [2.75, 3.05) is 24.9 Å². The summed E-state index contributed by atoms with van der Waals surface area (Å²) < 4.78 is 12.3. The minimum atomic E-state index is 0.433. The van der Waals surface area contributed by atoms with E-state index in [0.29, 0.717) is 16.7 Å². The molecule has 1 heterocycles. The van der Waals surface area contributed by atoms with Crippen molar-refractivity contribution in [2.24, 2.45) is 0 Å². The number of anilines is 2. The summed E-state index contributed by atoms with van der Waals surface area (Å²) in [4.78, 5) is 0. The first kappa shape index (κ1) is 15.1. The van der Waals surface area contributed by atoms with Gasteiger partial charge in [0.25, 0.3) is 0 Å². The number of ether oxygens (including phenoxy) is 2. The maximum Gasteiger partial charge on any atom is 0.176 e. The first-order valence-corrected chi connectivity index (χ1v) is 6.90. The summed E-state index contributed by atoms with van der Waals surface area (Å²) >= 11 is 5.28. The van der Waals surface area contributed by atoms with Crippen molar-refractivity contribution in [3.05, 3.63) is 30.5 Å². The average molecular weight is 306 g/mol. The molecular formula is C14H18N4O2S. The topological polar surface area (TPSA) is 60.3 Å². The van der Waals surface area contributed by atoms with Crippen LogP contribution in [-0.4, -0.2) is 29.1 Å². The lowest BCUT2D eigenvalue weighted by Crippen LogP contribution is -2.20. The van der Waals surface area contributed by atoms with Gasteiger partial charge < -0.3 is 20.1 Å². The number of benzene rings is 1. The summed E-state index contributed by atoms with van der Waals surface area (Å²) in [6.45, 7) is 2.83. The van der Waals surface area contributed by atoms with Crippen LogP contribution in [0.15, 0.2) is 30.5 Å². The summed E-state index contributed by atoms with van der Waals surface area (Å²) in [7, 11) is 3.21. The average Bonchev–Trinajstić information content (AvgIpc) is 2.94.